The van der Waals surface area contributed by atoms with E-state index >= 15 is 0 Å². The Labute approximate surface area is 193 Å². The number of benzene rings is 2. The molecule has 0 radical (unpaired) electrons. The molecule has 0 bridgehead atoms. The number of carbonyl (C=O) groups is 3. The van der Waals surface area contributed by atoms with Gasteiger partial charge in [-0.3, -0.25) is 19.7 Å². The summed E-state index contributed by atoms with van der Waals surface area (Å²) in [6, 6.07) is 7.66. The molecule has 2 aromatic rings. The van der Waals surface area contributed by atoms with Gasteiger partial charge in [-0.2, -0.15) is 0 Å². The fourth-order valence-electron chi connectivity index (χ4n) is 2.88. The molecule has 1 atom stereocenters. The van der Waals surface area contributed by atoms with Gasteiger partial charge < -0.3 is 24.8 Å². The van der Waals surface area contributed by atoms with Gasteiger partial charge in [0.1, 0.15) is 11.7 Å². The van der Waals surface area contributed by atoms with Gasteiger partial charge in [-0.05, 0) is 19.1 Å². The topological polar surface area (TPSA) is 146 Å². The maximum absolute atomic E-state index is 12.3. The van der Waals surface area contributed by atoms with Crippen molar-refractivity contribution in [3.8, 4) is 11.5 Å². The fourth-order valence-corrected chi connectivity index (χ4v) is 3.10. The molecule has 0 aliphatic carbocycles. The molecular weight excluding hydrogens is 458 g/mol. The Morgan fingerprint density at radius 1 is 1.18 bits per heavy atom. The summed E-state index contributed by atoms with van der Waals surface area (Å²) in [6.07, 6.45) is 0.603. The summed E-state index contributed by atoms with van der Waals surface area (Å²) in [6.45, 7) is 1.35. The van der Waals surface area contributed by atoms with Crippen LogP contribution in [0.15, 0.2) is 36.4 Å². The largest absolute Gasteiger partial charge is 0.489 e. The predicted octanol–water partition coefficient (Wildman–Crippen LogP) is 2.71. The zero-order valence-electron chi connectivity index (χ0n) is 17.5. The van der Waals surface area contributed by atoms with Gasteiger partial charge in [-0.25, -0.2) is 4.79 Å². The van der Waals surface area contributed by atoms with Crippen LogP contribution in [0.3, 0.4) is 0 Å². The van der Waals surface area contributed by atoms with Crippen LogP contribution in [-0.4, -0.2) is 48.6 Å². The van der Waals surface area contributed by atoms with Crippen molar-refractivity contribution in [3.05, 3.63) is 57.1 Å². The molecular formula is C21H20ClN3O8. The molecule has 12 heteroatoms. The van der Waals surface area contributed by atoms with Crippen molar-refractivity contribution in [1.29, 1.82) is 0 Å². The number of amides is 2. The van der Waals surface area contributed by atoms with E-state index < -0.39 is 41.0 Å². The summed E-state index contributed by atoms with van der Waals surface area (Å²) < 4.78 is 15.8. The van der Waals surface area contributed by atoms with E-state index in [0.29, 0.717) is 19.6 Å². The van der Waals surface area contributed by atoms with Crippen LogP contribution in [0.4, 0.5) is 11.4 Å². The first-order valence-electron chi connectivity index (χ1n) is 9.86. The van der Waals surface area contributed by atoms with Crippen molar-refractivity contribution in [2.24, 2.45) is 0 Å². The molecule has 0 unspecified atom stereocenters. The average molecular weight is 478 g/mol. The van der Waals surface area contributed by atoms with Crippen LogP contribution >= 0.6 is 11.6 Å². The highest BCUT2D eigenvalue weighted by Gasteiger charge is 2.24. The number of esters is 1. The summed E-state index contributed by atoms with van der Waals surface area (Å²) in [5.74, 6) is -1.82. The number of nitro groups is 1. The second-order valence-electron chi connectivity index (χ2n) is 6.95. The Balaban J connectivity index is 1.59. The number of halogens is 1. The number of nitrogens with one attached hydrogen (secondary N) is 2. The minimum atomic E-state index is -1.08. The van der Waals surface area contributed by atoms with E-state index in [1.165, 1.54) is 25.1 Å². The van der Waals surface area contributed by atoms with Gasteiger partial charge >= 0.3 is 5.97 Å². The average Bonchev–Trinajstić information content (AvgIpc) is 3.01. The smallest absolute Gasteiger partial charge is 0.328 e. The summed E-state index contributed by atoms with van der Waals surface area (Å²) in [7, 11) is 0. The normalized spacial score (nSPS) is 13.3. The van der Waals surface area contributed by atoms with Crippen LogP contribution in [0, 0.1) is 10.1 Å². The molecule has 0 fully saturated rings. The summed E-state index contributed by atoms with van der Waals surface area (Å²) >= 11 is 5.96. The zero-order valence-corrected chi connectivity index (χ0v) is 18.2. The van der Waals surface area contributed by atoms with E-state index in [-0.39, 0.29) is 27.8 Å². The van der Waals surface area contributed by atoms with Crippen molar-refractivity contribution in [2.75, 3.05) is 25.1 Å². The van der Waals surface area contributed by atoms with Crippen LogP contribution in [0.5, 0.6) is 11.5 Å². The first kappa shape index (κ1) is 23.8. The summed E-state index contributed by atoms with van der Waals surface area (Å²) in [4.78, 5) is 47.4. The van der Waals surface area contributed by atoms with Crippen molar-refractivity contribution in [2.45, 2.75) is 19.4 Å². The Morgan fingerprint density at radius 3 is 2.52 bits per heavy atom. The quantitative estimate of drug-likeness (QED) is 0.351. The molecule has 33 heavy (non-hydrogen) atoms. The highest BCUT2D eigenvalue weighted by molar-refractivity contribution is 6.33. The number of hydrogen-bond donors (Lipinski definition) is 2. The standard InChI is InChI=1S/C21H20ClN3O8/c1-12(23-20(27)13-5-2-3-6-14(13)22)21(28)33-11-19(26)24-15-9-17-18(10-16(15)25(29)30)32-8-4-7-31-17/h2-3,5-6,9-10,12H,4,7-8,11H2,1H3,(H,23,27)(H,24,26)/t12-/m0/s1. The molecule has 1 aliphatic rings. The van der Waals surface area contributed by atoms with Gasteiger partial charge in [0.05, 0.1) is 34.8 Å². The van der Waals surface area contributed by atoms with Crippen molar-refractivity contribution in [1.82, 2.24) is 5.32 Å². The Morgan fingerprint density at radius 2 is 1.85 bits per heavy atom. The third-order valence-electron chi connectivity index (χ3n) is 4.50. The first-order chi connectivity index (χ1) is 15.8. The molecule has 0 saturated carbocycles. The van der Waals surface area contributed by atoms with Crippen LogP contribution in [0.1, 0.15) is 23.7 Å². The molecule has 1 heterocycles. The number of ether oxygens (including phenoxy) is 3. The van der Waals surface area contributed by atoms with Gasteiger partial charge in [0, 0.05) is 12.5 Å². The van der Waals surface area contributed by atoms with Crippen molar-refractivity contribution in [3.63, 3.8) is 0 Å². The zero-order chi connectivity index (χ0) is 24.0. The third-order valence-corrected chi connectivity index (χ3v) is 4.83. The van der Waals surface area contributed by atoms with Crippen LogP contribution in [0.25, 0.3) is 0 Å². The number of carbonyl (C=O) groups excluding carboxylic acids is 3. The van der Waals surface area contributed by atoms with Crippen LogP contribution in [-0.2, 0) is 14.3 Å². The molecule has 11 nitrogen and oxygen atoms in total. The molecule has 3 rings (SSSR count). The Hall–Kier alpha value is -3.86. The summed E-state index contributed by atoms with van der Waals surface area (Å²) in [5, 5.41) is 16.4. The van der Waals surface area contributed by atoms with Crippen LogP contribution in [0.2, 0.25) is 5.02 Å². The lowest BCUT2D eigenvalue weighted by atomic mass is 10.2. The number of nitro benzene ring substituents is 1. The predicted molar refractivity (Wildman–Crippen MR) is 117 cm³/mol. The van der Waals surface area contributed by atoms with Gasteiger partial charge in [0.25, 0.3) is 17.5 Å². The minimum absolute atomic E-state index is 0.134. The number of rotatable bonds is 7. The lowest BCUT2D eigenvalue weighted by Gasteiger charge is -2.14. The monoisotopic (exact) mass is 477 g/mol. The van der Waals surface area contributed by atoms with Gasteiger partial charge in [0.15, 0.2) is 18.1 Å². The molecule has 2 aromatic carbocycles. The SMILES string of the molecule is C[C@H](NC(=O)c1ccccc1Cl)C(=O)OCC(=O)Nc1cc2c(cc1[N+](=O)[O-])OCCCO2. The molecule has 0 aromatic heterocycles. The van der Waals surface area contributed by atoms with E-state index in [1.54, 1.807) is 12.1 Å². The number of hydrogen-bond acceptors (Lipinski definition) is 8. The molecule has 2 N–H and O–H groups in total. The van der Waals surface area contributed by atoms with E-state index in [2.05, 4.69) is 10.6 Å². The maximum Gasteiger partial charge on any atom is 0.328 e. The van der Waals surface area contributed by atoms with E-state index in [4.69, 9.17) is 25.8 Å². The number of fused-ring (bicyclic) bond motifs is 1. The second-order valence-corrected chi connectivity index (χ2v) is 7.36. The lowest BCUT2D eigenvalue weighted by molar-refractivity contribution is -0.384. The highest BCUT2D eigenvalue weighted by atomic mass is 35.5. The van der Waals surface area contributed by atoms with Gasteiger partial charge in [0.2, 0.25) is 0 Å². The number of anilines is 1. The molecule has 0 spiro atoms. The molecule has 2 amide bonds. The lowest BCUT2D eigenvalue weighted by Crippen LogP contribution is -2.40. The Kier molecular flexibility index (Phi) is 7.67. The van der Waals surface area contributed by atoms with Gasteiger partial charge in [-0.1, -0.05) is 23.7 Å². The molecule has 174 valence electrons. The molecule has 0 saturated heterocycles. The second kappa shape index (κ2) is 10.6. The van der Waals surface area contributed by atoms with Crippen molar-refractivity contribution < 1.29 is 33.5 Å². The van der Waals surface area contributed by atoms with E-state index in [0.717, 1.165) is 6.07 Å². The third kappa shape index (κ3) is 6.10. The van der Waals surface area contributed by atoms with Crippen molar-refractivity contribution >= 4 is 40.8 Å². The maximum atomic E-state index is 12.3. The van der Waals surface area contributed by atoms with E-state index in [1.807, 2.05) is 0 Å². The minimum Gasteiger partial charge on any atom is -0.489 e. The Bertz CT molecular complexity index is 1090. The number of nitrogens with zero attached hydrogens (tertiary/aromatic N) is 1. The van der Waals surface area contributed by atoms with Crippen LogP contribution < -0.4 is 20.1 Å². The fraction of sp³-hybridized carbons (Fsp3) is 0.286. The van der Waals surface area contributed by atoms with E-state index in [9.17, 15) is 24.5 Å². The first-order valence-corrected chi connectivity index (χ1v) is 10.2. The van der Waals surface area contributed by atoms with Gasteiger partial charge in [-0.15, -0.1) is 0 Å². The highest BCUT2D eigenvalue weighted by Crippen LogP contribution is 2.39. The summed E-state index contributed by atoms with van der Waals surface area (Å²) in [5.41, 5.74) is -0.358. The molecule has 1 aliphatic heterocycles.